The highest BCUT2D eigenvalue weighted by Crippen LogP contribution is 2.29. The maximum Gasteiger partial charge on any atom is 0.323 e. The number of unbranched alkanes of at least 4 members (excludes halogenated alkanes) is 13. The summed E-state index contributed by atoms with van der Waals surface area (Å²) in [5.41, 5.74) is 4.36. The molecule has 0 rings (SSSR count). The van der Waals surface area contributed by atoms with Crippen molar-refractivity contribution in [2.24, 2.45) is 11.1 Å². The molecule has 0 aromatic carbocycles. The molecular weight excluding hydrogens is 390 g/mol. The van der Waals surface area contributed by atoms with E-state index in [1.54, 1.807) is 6.92 Å². The first-order valence-corrected chi connectivity index (χ1v) is 13.1. The Bertz CT molecular complexity index is 409. The van der Waals surface area contributed by atoms with Crippen molar-refractivity contribution in [2.45, 2.75) is 130 Å². The Labute approximate surface area is 192 Å². The smallest absolute Gasteiger partial charge is 0.323 e. The van der Waals surface area contributed by atoms with E-state index in [-0.39, 0.29) is 0 Å². The van der Waals surface area contributed by atoms with E-state index in [2.05, 4.69) is 13.8 Å². The summed E-state index contributed by atoms with van der Waals surface area (Å²) < 4.78 is 11.1. The molecule has 31 heavy (non-hydrogen) atoms. The number of carbonyl (C=O) groups excluding carboxylic acids is 2. The Kier molecular flexibility index (Phi) is 20.0. The largest absolute Gasteiger partial charge is 0.465 e. The van der Waals surface area contributed by atoms with Gasteiger partial charge in [-0.05, 0) is 39.2 Å². The fourth-order valence-corrected chi connectivity index (χ4v) is 3.68. The van der Waals surface area contributed by atoms with Gasteiger partial charge in [-0.25, -0.2) is 0 Å². The Morgan fingerprint density at radius 2 is 1.00 bits per heavy atom. The molecule has 0 aliphatic rings. The number of ether oxygens (including phenoxy) is 2. The number of esters is 2. The quantitative estimate of drug-likeness (QED) is 0.115. The number of carbonyl (C=O) groups is 2. The van der Waals surface area contributed by atoms with Gasteiger partial charge in [-0.3, -0.25) is 9.59 Å². The summed E-state index contributed by atoms with van der Waals surface area (Å²) in [6.45, 7) is 7.55. The standard InChI is InChI=1S/C26H51NO4/c1-4-6-8-10-14-18-22-30-24(28)26(3,20-16-12-13-17-21-27)25(29)31-23-19-15-11-9-7-5-2/h4-23,27H2,1-3H3. The van der Waals surface area contributed by atoms with Gasteiger partial charge in [0, 0.05) is 0 Å². The van der Waals surface area contributed by atoms with Gasteiger partial charge >= 0.3 is 11.9 Å². The first-order chi connectivity index (χ1) is 15.0. The lowest BCUT2D eigenvalue weighted by Gasteiger charge is -2.25. The van der Waals surface area contributed by atoms with E-state index in [9.17, 15) is 9.59 Å². The highest BCUT2D eigenvalue weighted by atomic mass is 16.6. The summed E-state index contributed by atoms with van der Waals surface area (Å²) in [5, 5.41) is 0. The Morgan fingerprint density at radius 1 is 0.613 bits per heavy atom. The fourth-order valence-electron chi connectivity index (χ4n) is 3.68. The van der Waals surface area contributed by atoms with Gasteiger partial charge in [0.25, 0.3) is 0 Å². The van der Waals surface area contributed by atoms with Gasteiger partial charge in [-0.2, -0.15) is 0 Å². The van der Waals surface area contributed by atoms with Gasteiger partial charge in [0.2, 0.25) is 0 Å². The highest BCUT2D eigenvalue weighted by Gasteiger charge is 2.43. The lowest BCUT2D eigenvalue weighted by atomic mass is 9.84. The zero-order chi connectivity index (χ0) is 23.2. The maximum atomic E-state index is 12.8. The van der Waals surface area contributed by atoms with E-state index in [1.807, 2.05) is 0 Å². The van der Waals surface area contributed by atoms with Crippen LogP contribution in [-0.4, -0.2) is 31.7 Å². The monoisotopic (exact) mass is 441 g/mol. The normalized spacial score (nSPS) is 11.5. The summed E-state index contributed by atoms with van der Waals surface area (Å²) >= 11 is 0. The molecule has 5 heteroatoms. The van der Waals surface area contributed by atoms with Gasteiger partial charge in [-0.15, -0.1) is 0 Å². The molecule has 0 unspecified atom stereocenters. The van der Waals surface area contributed by atoms with Crippen LogP contribution in [0.2, 0.25) is 0 Å². The minimum absolute atomic E-state index is 0.387. The predicted octanol–water partition coefficient (Wildman–Crippen LogP) is 6.71. The number of hydrogen-bond donors (Lipinski definition) is 1. The van der Waals surface area contributed by atoms with Crippen LogP contribution >= 0.6 is 0 Å². The predicted molar refractivity (Wildman–Crippen MR) is 129 cm³/mol. The molecule has 0 spiro atoms. The van der Waals surface area contributed by atoms with Crippen LogP contribution in [0.25, 0.3) is 0 Å². The third-order valence-corrected chi connectivity index (χ3v) is 5.99. The van der Waals surface area contributed by atoms with Crippen molar-refractivity contribution in [3.05, 3.63) is 0 Å². The average molecular weight is 442 g/mol. The van der Waals surface area contributed by atoms with Crippen LogP contribution in [0.3, 0.4) is 0 Å². The second-order valence-electron chi connectivity index (χ2n) is 9.09. The van der Waals surface area contributed by atoms with Gasteiger partial charge in [0.1, 0.15) is 0 Å². The number of hydrogen-bond acceptors (Lipinski definition) is 5. The topological polar surface area (TPSA) is 78.6 Å². The summed E-state index contributed by atoms with van der Waals surface area (Å²) in [5.74, 6) is -0.847. The van der Waals surface area contributed by atoms with Crippen molar-refractivity contribution < 1.29 is 19.1 Å². The summed E-state index contributed by atoms with van der Waals surface area (Å²) in [4.78, 5) is 25.7. The van der Waals surface area contributed by atoms with Crippen LogP contribution in [0.1, 0.15) is 130 Å². The molecular formula is C26H51NO4. The van der Waals surface area contributed by atoms with Crippen molar-refractivity contribution in [2.75, 3.05) is 19.8 Å². The molecule has 0 radical (unpaired) electrons. The van der Waals surface area contributed by atoms with Crippen LogP contribution in [0.4, 0.5) is 0 Å². The van der Waals surface area contributed by atoms with Crippen LogP contribution in [0.5, 0.6) is 0 Å². The minimum atomic E-state index is -1.20. The van der Waals surface area contributed by atoms with E-state index in [1.165, 1.54) is 51.4 Å². The second kappa shape index (κ2) is 20.8. The van der Waals surface area contributed by atoms with E-state index < -0.39 is 17.4 Å². The van der Waals surface area contributed by atoms with Crippen molar-refractivity contribution in [1.82, 2.24) is 0 Å². The van der Waals surface area contributed by atoms with Crippen LogP contribution in [0.15, 0.2) is 0 Å². The van der Waals surface area contributed by atoms with E-state index in [0.29, 0.717) is 26.2 Å². The SMILES string of the molecule is CCCCCCCCOC(=O)C(C)(CCCCCCN)C(=O)OCCCCCCCC. The summed E-state index contributed by atoms with van der Waals surface area (Å²) in [7, 11) is 0. The second-order valence-corrected chi connectivity index (χ2v) is 9.09. The molecule has 0 aromatic rings. The van der Waals surface area contributed by atoms with Gasteiger partial charge in [0.05, 0.1) is 13.2 Å². The molecule has 0 saturated carbocycles. The Hall–Kier alpha value is -1.10. The van der Waals surface area contributed by atoms with Crippen molar-refractivity contribution in [3.63, 3.8) is 0 Å². The molecule has 184 valence electrons. The van der Waals surface area contributed by atoms with Gasteiger partial charge < -0.3 is 15.2 Å². The molecule has 0 aliphatic carbocycles. The lowest BCUT2D eigenvalue weighted by Crippen LogP contribution is -2.39. The zero-order valence-corrected chi connectivity index (χ0v) is 20.9. The average Bonchev–Trinajstić information content (AvgIpc) is 2.77. The molecule has 0 amide bonds. The summed E-state index contributed by atoms with van der Waals surface area (Å²) in [6, 6.07) is 0. The van der Waals surface area contributed by atoms with E-state index in [0.717, 1.165) is 51.4 Å². The Morgan fingerprint density at radius 3 is 1.45 bits per heavy atom. The first-order valence-electron chi connectivity index (χ1n) is 13.1. The van der Waals surface area contributed by atoms with Gasteiger partial charge in [-0.1, -0.05) is 97.3 Å². The van der Waals surface area contributed by atoms with E-state index in [4.69, 9.17) is 15.2 Å². The summed E-state index contributed by atoms with van der Waals surface area (Å²) in [6.07, 6.45) is 17.8. The molecule has 0 aliphatic heterocycles. The van der Waals surface area contributed by atoms with E-state index >= 15 is 0 Å². The Balaban J connectivity index is 4.47. The molecule has 0 atom stereocenters. The minimum Gasteiger partial charge on any atom is -0.465 e. The molecule has 0 bridgehead atoms. The number of rotatable bonds is 22. The first kappa shape index (κ1) is 29.9. The van der Waals surface area contributed by atoms with Crippen molar-refractivity contribution in [3.8, 4) is 0 Å². The molecule has 0 saturated heterocycles. The molecule has 2 N–H and O–H groups in total. The molecule has 0 fully saturated rings. The maximum absolute atomic E-state index is 12.8. The molecule has 0 heterocycles. The van der Waals surface area contributed by atoms with Crippen LogP contribution in [-0.2, 0) is 19.1 Å². The third-order valence-electron chi connectivity index (χ3n) is 5.99. The fraction of sp³-hybridized carbons (Fsp3) is 0.923. The lowest BCUT2D eigenvalue weighted by molar-refractivity contribution is -0.172. The van der Waals surface area contributed by atoms with Crippen molar-refractivity contribution >= 4 is 11.9 Å². The highest BCUT2D eigenvalue weighted by molar-refractivity contribution is 5.99. The van der Waals surface area contributed by atoms with Crippen LogP contribution in [0, 0.1) is 5.41 Å². The third kappa shape index (κ3) is 15.4. The molecule has 5 nitrogen and oxygen atoms in total. The zero-order valence-electron chi connectivity index (χ0n) is 20.9. The van der Waals surface area contributed by atoms with Gasteiger partial charge in [0.15, 0.2) is 5.41 Å². The molecule has 0 aromatic heterocycles. The van der Waals surface area contributed by atoms with Crippen LogP contribution < -0.4 is 5.73 Å². The number of nitrogens with two attached hydrogens (primary N) is 1. The van der Waals surface area contributed by atoms with Crippen molar-refractivity contribution in [1.29, 1.82) is 0 Å².